The number of rotatable bonds is 6. The average molecular weight is 337 g/mol. The monoisotopic (exact) mass is 337 g/mol. The molecule has 0 aliphatic carbocycles. The zero-order valence-electron chi connectivity index (χ0n) is 14.1. The molecule has 0 aliphatic heterocycles. The number of methoxy groups -OCH3 is 2. The van der Waals surface area contributed by atoms with Gasteiger partial charge in [-0.05, 0) is 24.3 Å². The van der Waals surface area contributed by atoms with Crippen molar-refractivity contribution in [1.29, 1.82) is 0 Å². The molecule has 0 atom stereocenters. The van der Waals surface area contributed by atoms with E-state index >= 15 is 0 Å². The molecule has 0 aliphatic rings. The maximum Gasteiger partial charge on any atom is 0.157 e. The molecule has 3 heterocycles. The second-order valence-electron chi connectivity index (χ2n) is 5.77. The van der Waals surface area contributed by atoms with E-state index in [0.29, 0.717) is 13.2 Å². The molecule has 7 heteroatoms. The van der Waals surface area contributed by atoms with E-state index in [1.54, 1.807) is 24.9 Å². The van der Waals surface area contributed by atoms with Crippen molar-refractivity contribution < 1.29 is 9.47 Å². The number of fused-ring (bicyclic) bond motifs is 2. The van der Waals surface area contributed by atoms with E-state index in [9.17, 15) is 0 Å². The molecule has 7 nitrogen and oxygen atoms in total. The standard InChI is InChI=1S/C18H19N5O2/c1-24-11-14-9-18(23-17(22-14)5-6-20-23)19-10-13-7-12-8-15(25-2)3-4-16(12)21-13/h3-9,19,21H,10-11H2,1-2H3. The van der Waals surface area contributed by atoms with E-state index in [2.05, 4.69) is 26.4 Å². The number of aromatic nitrogens is 4. The zero-order chi connectivity index (χ0) is 17.2. The van der Waals surface area contributed by atoms with Crippen molar-refractivity contribution in [2.75, 3.05) is 19.5 Å². The van der Waals surface area contributed by atoms with Gasteiger partial charge in [0.25, 0.3) is 0 Å². The summed E-state index contributed by atoms with van der Waals surface area (Å²) in [7, 11) is 3.33. The Morgan fingerprint density at radius 2 is 2.08 bits per heavy atom. The first-order valence-electron chi connectivity index (χ1n) is 7.99. The quantitative estimate of drug-likeness (QED) is 0.566. The predicted molar refractivity (Wildman–Crippen MR) is 95.9 cm³/mol. The molecule has 2 N–H and O–H groups in total. The molecule has 25 heavy (non-hydrogen) atoms. The van der Waals surface area contributed by atoms with Gasteiger partial charge in [-0.15, -0.1) is 0 Å². The minimum atomic E-state index is 0.461. The maximum atomic E-state index is 5.28. The number of benzene rings is 1. The van der Waals surface area contributed by atoms with Crippen molar-refractivity contribution >= 4 is 22.4 Å². The van der Waals surface area contributed by atoms with Crippen molar-refractivity contribution in [3.05, 3.63) is 54.0 Å². The van der Waals surface area contributed by atoms with Gasteiger partial charge >= 0.3 is 0 Å². The van der Waals surface area contributed by atoms with Crippen LogP contribution in [0.4, 0.5) is 5.82 Å². The molecule has 0 radical (unpaired) electrons. The van der Waals surface area contributed by atoms with E-state index in [1.165, 1.54) is 0 Å². The Balaban J connectivity index is 1.60. The third-order valence-electron chi connectivity index (χ3n) is 4.05. The van der Waals surface area contributed by atoms with Gasteiger partial charge < -0.3 is 19.8 Å². The number of anilines is 1. The van der Waals surface area contributed by atoms with Crippen molar-refractivity contribution in [2.45, 2.75) is 13.2 Å². The SMILES string of the molecule is COCc1cc(NCc2cc3cc(OC)ccc3[nH]2)n2nccc2n1. The number of nitrogens with zero attached hydrogens (tertiary/aromatic N) is 3. The maximum absolute atomic E-state index is 5.28. The lowest BCUT2D eigenvalue weighted by atomic mass is 10.2. The smallest absolute Gasteiger partial charge is 0.157 e. The number of hydrogen-bond donors (Lipinski definition) is 2. The molecule has 0 fully saturated rings. The molecule has 3 aromatic heterocycles. The van der Waals surface area contributed by atoms with Crippen molar-refractivity contribution in [3.8, 4) is 5.75 Å². The number of hydrogen-bond acceptors (Lipinski definition) is 5. The first-order valence-corrected chi connectivity index (χ1v) is 7.99. The van der Waals surface area contributed by atoms with Gasteiger partial charge in [0.15, 0.2) is 5.65 Å². The Morgan fingerprint density at radius 1 is 1.16 bits per heavy atom. The van der Waals surface area contributed by atoms with Crippen LogP contribution in [0.1, 0.15) is 11.4 Å². The normalized spacial score (nSPS) is 11.3. The van der Waals surface area contributed by atoms with Crippen LogP contribution in [-0.4, -0.2) is 33.8 Å². The van der Waals surface area contributed by atoms with Crippen LogP contribution in [0.15, 0.2) is 42.6 Å². The van der Waals surface area contributed by atoms with Gasteiger partial charge in [-0.2, -0.15) is 9.61 Å². The summed E-state index contributed by atoms with van der Waals surface area (Å²) in [4.78, 5) is 7.92. The minimum absolute atomic E-state index is 0.461. The Bertz CT molecular complexity index is 1020. The summed E-state index contributed by atoms with van der Waals surface area (Å²) in [5.41, 5.74) is 3.81. The van der Waals surface area contributed by atoms with Gasteiger partial charge in [0, 0.05) is 35.8 Å². The van der Waals surface area contributed by atoms with E-state index in [4.69, 9.17) is 9.47 Å². The second-order valence-corrected chi connectivity index (χ2v) is 5.77. The highest BCUT2D eigenvalue weighted by atomic mass is 16.5. The molecule has 0 spiro atoms. The number of ether oxygens (including phenoxy) is 2. The molecular formula is C18H19N5O2. The lowest BCUT2D eigenvalue weighted by molar-refractivity contribution is 0.181. The lowest BCUT2D eigenvalue weighted by Crippen LogP contribution is -2.08. The van der Waals surface area contributed by atoms with Crippen LogP contribution in [0, 0.1) is 0 Å². The molecular weight excluding hydrogens is 318 g/mol. The molecule has 0 amide bonds. The number of nitrogens with one attached hydrogen (secondary N) is 2. The summed E-state index contributed by atoms with van der Waals surface area (Å²) in [5.74, 6) is 1.72. The summed E-state index contributed by atoms with van der Waals surface area (Å²) in [6, 6.07) is 11.9. The third kappa shape index (κ3) is 3.01. The Kier molecular flexibility index (Phi) is 3.99. The molecule has 0 unspecified atom stereocenters. The summed E-state index contributed by atoms with van der Waals surface area (Å²) < 4.78 is 12.3. The number of H-pyrrole nitrogens is 1. The van der Waals surface area contributed by atoms with E-state index < -0.39 is 0 Å². The fourth-order valence-corrected chi connectivity index (χ4v) is 2.89. The van der Waals surface area contributed by atoms with Crippen LogP contribution < -0.4 is 10.1 Å². The van der Waals surface area contributed by atoms with Crippen LogP contribution >= 0.6 is 0 Å². The van der Waals surface area contributed by atoms with Gasteiger partial charge in [0.05, 0.1) is 32.2 Å². The Labute approximate surface area is 144 Å². The summed E-state index contributed by atoms with van der Waals surface area (Å²) >= 11 is 0. The summed E-state index contributed by atoms with van der Waals surface area (Å²) in [6.45, 7) is 1.10. The van der Waals surface area contributed by atoms with Crippen LogP contribution in [0.25, 0.3) is 16.6 Å². The molecule has 1 aromatic carbocycles. The fraction of sp³-hybridized carbons (Fsp3) is 0.222. The largest absolute Gasteiger partial charge is 0.497 e. The van der Waals surface area contributed by atoms with Gasteiger partial charge in [-0.25, -0.2) is 4.98 Å². The van der Waals surface area contributed by atoms with E-state index in [1.807, 2.05) is 30.3 Å². The minimum Gasteiger partial charge on any atom is -0.497 e. The van der Waals surface area contributed by atoms with Gasteiger partial charge in [0.1, 0.15) is 11.6 Å². The van der Waals surface area contributed by atoms with Gasteiger partial charge in [-0.3, -0.25) is 0 Å². The highest BCUT2D eigenvalue weighted by Crippen LogP contribution is 2.22. The topological polar surface area (TPSA) is 76.5 Å². The first-order chi connectivity index (χ1) is 12.3. The van der Waals surface area contributed by atoms with Crippen molar-refractivity contribution in [3.63, 3.8) is 0 Å². The Morgan fingerprint density at radius 3 is 2.92 bits per heavy atom. The molecule has 4 aromatic rings. The van der Waals surface area contributed by atoms with Crippen molar-refractivity contribution in [1.82, 2.24) is 19.6 Å². The first kappa shape index (κ1) is 15.5. The molecule has 128 valence electrons. The van der Waals surface area contributed by atoms with E-state index in [-0.39, 0.29) is 0 Å². The van der Waals surface area contributed by atoms with Crippen LogP contribution in [-0.2, 0) is 17.9 Å². The van der Waals surface area contributed by atoms with Crippen LogP contribution in [0.3, 0.4) is 0 Å². The average Bonchev–Trinajstić information content (AvgIpc) is 3.25. The summed E-state index contributed by atoms with van der Waals surface area (Å²) in [6.07, 6.45) is 1.74. The van der Waals surface area contributed by atoms with Crippen molar-refractivity contribution in [2.24, 2.45) is 0 Å². The Hall–Kier alpha value is -3.06. The lowest BCUT2D eigenvalue weighted by Gasteiger charge is -2.09. The molecule has 0 saturated heterocycles. The highest BCUT2D eigenvalue weighted by Gasteiger charge is 2.08. The number of aromatic amines is 1. The second kappa shape index (κ2) is 6.45. The van der Waals surface area contributed by atoms with Gasteiger partial charge in [0.2, 0.25) is 0 Å². The molecule has 0 saturated carbocycles. The highest BCUT2D eigenvalue weighted by molar-refractivity contribution is 5.82. The fourth-order valence-electron chi connectivity index (χ4n) is 2.89. The zero-order valence-corrected chi connectivity index (χ0v) is 14.1. The molecule has 0 bridgehead atoms. The molecule has 4 rings (SSSR count). The predicted octanol–water partition coefficient (Wildman–Crippen LogP) is 2.98. The summed E-state index contributed by atoms with van der Waals surface area (Å²) in [5, 5.41) is 8.86. The van der Waals surface area contributed by atoms with Crippen LogP contribution in [0.2, 0.25) is 0 Å². The van der Waals surface area contributed by atoms with Gasteiger partial charge in [-0.1, -0.05) is 0 Å². The van der Waals surface area contributed by atoms with E-state index in [0.717, 1.165) is 39.5 Å². The third-order valence-corrected chi connectivity index (χ3v) is 4.05. The van der Waals surface area contributed by atoms with Crippen LogP contribution in [0.5, 0.6) is 5.75 Å².